The Bertz CT molecular complexity index is 1200. The van der Waals surface area contributed by atoms with Crippen LogP contribution in [0.15, 0.2) is 97.1 Å². The summed E-state index contributed by atoms with van der Waals surface area (Å²) in [6.45, 7) is 0. The minimum atomic E-state index is 1.27. The van der Waals surface area contributed by atoms with E-state index >= 15 is 0 Å². The van der Waals surface area contributed by atoms with Crippen molar-refractivity contribution in [2.45, 2.75) is 0 Å². The Kier molecular flexibility index (Phi) is 2.89. The summed E-state index contributed by atoms with van der Waals surface area (Å²) < 4.78 is 0. The van der Waals surface area contributed by atoms with Crippen LogP contribution in [0.5, 0.6) is 0 Å². The van der Waals surface area contributed by atoms with Crippen LogP contribution in [0.4, 0.5) is 0 Å². The van der Waals surface area contributed by atoms with Gasteiger partial charge >= 0.3 is 0 Å². The Labute approximate surface area is 141 Å². The molecule has 5 aromatic rings. The van der Waals surface area contributed by atoms with Crippen LogP contribution in [0.3, 0.4) is 0 Å². The van der Waals surface area contributed by atoms with Crippen molar-refractivity contribution >= 4 is 32.3 Å². The van der Waals surface area contributed by atoms with Gasteiger partial charge in [0.25, 0.3) is 0 Å². The summed E-state index contributed by atoms with van der Waals surface area (Å²) >= 11 is 0. The van der Waals surface area contributed by atoms with Gasteiger partial charge in [-0.15, -0.1) is 0 Å². The van der Waals surface area contributed by atoms with Crippen LogP contribution in [-0.4, -0.2) is 0 Å². The Balaban J connectivity index is 1.82. The minimum Gasteiger partial charge on any atom is -0.0616 e. The van der Waals surface area contributed by atoms with Crippen molar-refractivity contribution in [2.75, 3.05) is 0 Å². The second kappa shape index (κ2) is 5.21. The molecule has 0 aromatic heterocycles. The summed E-state index contributed by atoms with van der Waals surface area (Å²) in [6, 6.07) is 35.0. The molecule has 0 aliphatic carbocycles. The van der Waals surface area contributed by atoms with Gasteiger partial charge in [-0.3, -0.25) is 0 Å². The number of hydrogen-bond donors (Lipinski definition) is 0. The van der Waals surface area contributed by atoms with Crippen LogP contribution in [-0.2, 0) is 0 Å². The van der Waals surface area contributed by atoms with E-state index in [1.807, 2.05) is 0 Å². The molecule has 0 nitrogen and oxygen atoms in total. The molecule has 0 bridgehead atoms. The lowest BCUT2D eigenvalue weighted by molar-refractivity contribution is 1.69. The van der Waals surface area contributed by atoms with E-state index < -0.39 is 0 Å². The van der Waals surface area contributed by atoms with E-state index in [9.17, 15) is 0 Å². The lowest BCUT2D eigenvalue weighted by atomic mass is 9.94. The minimum absolute atomic E-state index is 1.27. The van der Waals surface area contributed by atoms with Crippen molar-refractivity contribution in [1.82, 2.24) is 0 Å². The van der Waals surface area contributed by atoms with Gasteiger partial charge in [-0.1, -0.05) is 78.9 Å². The van der Waals surface area contributed by atoms with Gasteiger partial charge in [-0.05, 0) is 61.6 Å². The van der Waals surface area contributed by atoms with Crippen molar-refractivity contribution in [1.29, 1.82) is 0 Å². The zero-order chi connectivity index (χ0) is 15.9. The van der Waals surface area contributed by atoms with Crippen molar-refractivity contribution in [2.24, 2.45) is 0 Å². The van der Waals surface area contributed by atoms with Gasteiger partial charge < -0.3 is 0 Å². The first kappa shape index (κ1) is 13.3. The van der Waals surface area contributed by atoms with E-state index in [0.717, 1.165) is 0 Å². The largest absolute Gasteiger partial charge is 0.0616 e. The molecule has 24 heavy (non-hydrogen) atoms. The van der Waals surface area contributed by atoms with Crippen molar-refractivity contribution in [3.8, 4) is 11.1 Å². The lowest BCUT2D eigenvalue weighted by Crippen LogP contribution is -1.83. The van der Waals surface area contributed by atoms with Crippen molar-refractivity contribution < 1.29 is 0 Å². The zero-order valence-corrected chi connectivity index (χ0v) is 13.2. The molecule has 112 valence electrons. The third-order valence-corrected chi connectivity index (χ3v) is 4.81. The highest BCUT2D eigenvalue weighted by atomic mass is 14.1. The number of fused-ring (bicyclic) bond motifs is 3. The van der Waals surface area contributed by atoms with E-state index in [1.165, 1.54) is 43.4 Å². The molecule has 0 saturated heterocycles. The van der Waals surface area contributed by atoms with E-state index in [0.29, 0.717) is 0 Å². The van der Waals surface area contributed by atoms with E-state index in [1.54, 1.807) is 0 Å². The fourth-order valence-corrected chi connectivity index (χ4v) is 3.58. The average molecular weight is 304 g/mol. The molecule has 0 aliphatic heterocycles. The molecular weight excluding hydrogens is 288 g/mol. The summed E-state index contributed by atoms with van der Waals surface area (Å²) in [7, 11) is 0. The SMILES string of the molecule is c1ccc2cc(-c3cccc4cc5ccccc5cc34)ccc2c1. The Morgan fingerprint density at radius 3 is 1.79 bits per heavy atom. The molecule has 5 rings (SSSR count). The third kappa shape index (κ3) is 2.08. The van der Waals surface area contributed by atoms with Gasteiger partial charge in [0.2, 0.25) is 0 Å². The van der Waals surface area contributed by atoms with Gasteiger partial charge in [-0.2, -0.15) is 0 Å². The molecule has 0 heterocycles. The summed E-state index contributed by atoms with van der Waals surface area (Å²) in [4.78, 5) is 0. The molecule has 0 aliphatic rings. The number of benzene rings is 5. The molecule has 0 N–H and O–H groups in total. The lowest BCUT2D eigenvalue weighted by Gasteiger charge is -2.10. The van der Waals surface area contributed by atoms with E-state index in [2.05, 4.69) is 97.1 Å². The second-order valence-electron chi connectivity index (χ2n) is 6.29. The molecule has 0 spiro atoms. The van der Waals surface area contributed by atoms with Crippen LogP contribution in [0.1, 0.15) is 0 Å². The molecular formula is C24H16. The second-order valence-corrected chi connectivity index (χ2v) is 6.29. The molecule has 0 unspecified atom stereocenters. The Morgan fingerprint density at radius 1 is 0.375 bits per heavy atom. The zero-order valence-electron chi connectivity index (χ0n) is 13.2. The molecule has 0 saturated carbocycles. The highest BCUT2D eigenvalue weighted by Gasteiger charge is 2.06. The molecule has 5 aromatic carbocycles. The summed E-state index contributed by atoms with van der Waals surface area (Å²) in [5, 5.41) is 7.75. The van der Waals surface area contributed by atoms with Crippen LogP contribution in [0, 0.1) is 0 Å². The van der Waals surface area contributed by atoms with Crippen LogP contribution < -0.4 is 0 Å². The monoisotopic (exact) mass is 304 g/mol. The standard InChI is InChI=1S/C24H16/c1-2-7-18-14-22(13-12-17(18)6-1)23-11-5-10-21-15-19-8-3-4-9-20(19)16-24(21)23/h1-16H. The molecule has 0 heteroatoms. The first-order valence-electron chi connectivity index (χ1n) is 8.29. The number of rotatable bonds is 1. The molecule has 0 amide bonds. The Hall–Kier alpha value is -3.12. The van der Waals surface area contributed by atoms with E-state index in [-0.39, 0.29) is 0 Å². The van der Waals surface area contributed by atoms with Crippen molar-refractivity contribution in [3.63, 3.8) is 0 Å². The summed E-state index contributed by atoms with van der Waals surface area (Å²) in [5.41, 5.74) is 2.57. The number of hydrogen-bond acceptors (Lipinski definition) is 0. The fraction of sp³-hybridized carbons (Fsp3) is 0. The van der Waals surface area contributed by atoms with E-state index in [4.69, 9.17) is 0 Å². The molecule has 0 fully saturated rings. The van der Waals surface area contributed by atoms with Gasteiger partial charge in [0.05, 0.1) is 0 Å². The molecule has 0 radical (unpaired) electrons. The Morgan fingerprint density at radius 2 is 1.00 bits per heavy atom. The maximum Gasteiger partial charge on any atom is -0.00990 e. The summed E-state index contributed by atoms with van der Waals surface area (Å²) in [6.07, 6.45) is 0. The fourth-order valence-electron chi connectivity index (χ4n) is 3.58. The molecule has 0 atom stereocenters. The highest BCUT2D eigenvalue weighted by molar-refractivity contribution is 6.05. The maximum absolute atomic E-state index is 2.31. The van der Waals surface area contributed by atoms with Crippen LogP contribution in [0.25, 0.3) is 43.4 Å². The van der Waals surface area contributed by atoms with Gasteiger partial charge in [0.1, 0.15) is 0 Å². The predicted octanol–water partition coefficient (Wildman–Crippen LogP) is 6.81. The van der Waals surface area contributed by atoms with Gasteiger partial charge in [0.15, 0.2) is 0 Å². The quantitative estimate of drug-likeness (QED) is 0.298. The first-order valence-corrected chi connectivity index (χ1v) is 8.29. The van der Waals surface area contributed by atoms with Gasteiger partial charge in [0, 0.05) is 0 Å². The predicted molar refractivity (Wildman–Crippen MR) is 104 cm³/mol. The average Bonchev–Trinajstić information content (AvgIpc) is 2.65. The first-order chi connectivity index (χ1) is 11.9. The highest BCUT2D eigenvalue weighted by Crippen LogP contribution is 2.33. The maximum atomic E-state index is 2.31. The normalized spacial score (nSPS) is 11.3. The van der Waals surface area contributed by atoms with Crippen LogP contribution >= 0.6 is 0 Å². The van der Waals surface area contributed by atoms with Gasteiger partial charge in [-0.25, -0.2) is 0 Å². The third-order valence-electron chi connectivity index (χ3n) is 4.81. The smallest absolute Gasteiger partial charge is 0.00990 e. The van der Waals surface area contributed by atoms with Crippen molar-refractivity contribution in [3.05, 3.63) is 97.1 Å². The van der Waals surface area contributed by atoms with Crippen LogP contribution in [0.2, 0.25) is 0 Å². The summed E-state index contributed by atoms with van der Waals surface area (Å²) in [5.74, 6) is 0. The topological polar surface area (TPSA) is 0 Å².